The van der Waals surface area contributed by atoms with Crippen LogP contribution in [0.1, 0.15) is 18.1 Å². The first-order valence-electron chi connectivity index (χ1n) is 4.41. The van der Waals surface area contributed by atoms with Gasteiger partial charge in [0.2, 0.25) is 0 Å². The summed E-state index contributed by atoms with van der Waals surface area (Å²) in [6.07, 6.45) is 0. The molecule has 0 radical (unpaired) electrons. The van der Waals surface area contributed by atoms with Crippen LogP contribution in [0.5, 0.6) is 0 Å². The van der Waals surface area contributed by atoms with Crippen LogP contribution < -0.4 is 5.32 Å². The highest BCUT2D eigenvalue weighted by Crippen LogP contribution is 2.19. The Kier molecular flexibility index (Phi) is 3.07. The first kappa shape index (κ1) is 9.78. The van der Waals surface area contributed by atoms with Crippen LogP contribution in [0.3, 0.4) is 0 Å². The van der Waals surface area contributed by atoms with Crippen molar-refractivity contribution in [2.75, 3.05) is 12.4 Å². The molecule has 0 saturated carbocycles. The van der Waals surface area contributed by atoms with Gasteiger partial charge in [-0.1, -0.05) is 18.2 Å². The van der Waals surface area contributed by atoms with Crippen molar-refractivity contribution in [1.82, 2.24) is 0 Å². The molecule has 0 unspecified atom stereocenters. The molecule has 0 aliphatic rings. The molecule has 0 heterocycles. The fourth-order valence-electron chi connectivity index (χ4n) is 1.25. The molecule has 0 amide bonds. The maximum atomic E-state index is 4.07. The summed E-state index contributed by atoms with van der Waals surface area (Å²) in [5, 5.41) is 3.28. The molecule has 0 atom stereocenters. The zero-order chi connectivity index (χ0) is 9.84. The summed E-state index contributed by atoms with van der Waals surface area (Å²) in [4.78, 5) is 4.07. The van der Waals surface area contributed by atoms with Crippen LogP contribution in [0.2, 0.25) is 0 Å². The maximum absolute atomic E-state index is 4.07. The van der Waals surface area contributed by atoms with Crippen molar-refractivity contribution in [3.05, 3.63) is 29.3 Å². The lowest BCUT2D eigenvalue weighted by molar-refractivity contribution is 1.34. The van der Waals surface area contributed by atoms with Crippen molar-refractivity contribution < 1.29 is 0 Å². The molecule has 2 heteroatoms. The van der Waals surface area contributed by atoms with Gasteiger partial charge in [0.05, 0.1) is 5.84 Å². The minimum Gasteiger partial charge on any atom is -0.344 e. The second kappa shape index (κ2) is 4.08. The van der Waals surface area contributed by atoms with E-state index in [1.165, 1.54) is 16.8 Å². The van der Waals surface area contributed by atoms with Crippen molar-refractivity contribution in [3.63, 3.8) is 0 Å². The number of amidine groups is 1. The SMILES string of the molecule is CN=C(C)Nc1c(C)cccc1C. The smallest absolute Gasteiger partial charge is 0.0972 e. The molecule has 1 aromatic carbocycles. The first-order valence-corrected chi connectivity index (χ1v) is 4.41. The number of anilines is 1. The van der Waals surface area contributed by atoms with Crippen LogP contribution in [0.4, 0.5) is 5.69 Å². The van der Waals surface area contributed by atoms with Gasteiger partial charge in [0, 0.05) is 12.7 Å². The summed E-state index contributed by atoms with van der Waals surface area (Å²) in [6.45, 7) is 6.16. The van der Waals surface area contributed by atoms with Crippen LogP contribution in [0.25, 0.3) is 0 Å². The van der Waals surface area contributed by atoms with Gasteiger partial charge in [-0.3, -0.25) is 4.99 Å². The molecular formula is C11H16N2. The Morgan fingerprint density at radius 3 is 2.23 bits per heavy atom. The molecule has 0 saturated heterocycles. The highest BCUT2D eigenvalue weighted by Gasteiger charge is 2.00. The minimum atomic E-state index is 0.942. The van der Waals surface area contributed by atoms with Crippen molar-refractivity contribution in [1.29, 1.82) is 0 Å². The van der Waals surface area contributed by atoms with E-state index in [9.17, 15) is 0 Å². The lowest BCUT2D eigenvalue weighted by Crippen LogP contribution is -2.09. The highest BCUT2D eigenvalue weighted by molar-refractivity contribution is 5.94. The molecule has 0 aliphatic carbocycles. The summed E-state index contributed by atoms with van der Waals surface area (Å²) in [6, 6.07) is 6.25. The number of aryl methyl sites for hydroxylation is 2. The molecule has 1 rings (SSSR count). The van der Waals surface area contributed by atoms with Gasteiger partial charge in [-0.2, -0.15) is 0 Å². The number of hydrogen-bond acceptors (Lipinski definition) is 1. The Morgan fingerprint density at radius 1 is 1.23 bits per heavy atom. The lowest BCUT2D eigenvalue weighted by atomic mass is 10.1. The molecule has 70 valence electrons. The van der Waals surface area contributed by atoms with E-state index in [4.69, 9.17) is 0 Å². The monoisotopic (exact) mass is 176 g/mol. The number of benzene rings is 1. The number of nitrogens with zero attached hydrogens (tertiary/aromatic N) is 1. The summed E-state index contributed by atoms with van der Waals surface area (Å²) in [5.74, 6) is 0.942. The van der Waals surface area contributed by atoms with Crippen LogP contribution in [-0.2, 0) is 0 Å². The number of rotatable bonds is 1. The van der Waals surface area contributed by atoms with Crippen molar-refractivity contribution in [3.8, 4) is 0 Å². The van der Waals surface area contributed by atoms with E-state index in [-0.39, 0.29) is 0 Å². The number of nitrogens with one attached hydrogen (secondary N) is 1. The minimum absolute atomic E-state index is 0.942. The Balaban J connectivity index is 3.00. The van der Waals surface area contributed by atoms with Gasteiger partial charge in [-0.25, -0.2) is 0 Å². The van der Waals surface area contributed by atoms with E-state index < -0.39 is 0 Å². The van der Waals surface area contributed by atoms with E-state index in [0.717, 1.165) is 5.84 Å². The highest BCUT2D eigenvalue weighted by atomic mass is 15.0. The van der Waals surface area contributed by atoms with E-state index in [1.807, 2.05) is 6.92 Å². The predicted octanol–water partition coefficient (Wildman–Crippen LogP) is 2.76. The van der Waals surface area contributed by atoms with Crippen LogP contribution in [0, 0.1) is 13.8 Å². The molecule has 1 N–H and O–H groups in total. The fourth-order valence-corrected chi connectivity index (χ4v) is 1.25. The molecule has 1 aromatic rings. The molecule has 13 heavy (non-hydrogen) atoms. The Labute approximate surface area is 79.7 Å². The number of hydrogen-bond donors (Lipinski definition) is 1. The first-order chi connectivity index (χ1) is 6.15. The number of para-hydroxylation sites is 1. The zero-order valence-electron chi connectivity index (χ0n) is 8.68. The molecular weight excluding hydrogens is 160 g/mol. The van der Waals surface area contributed by atoms with Crippen LogP contribution in [0.15, 0.2) is 23.2 Å². The van der Waals surface area contributed by atoms with Crippen LogP contribution >= 0.6 is 0 Å². The normalized spacial score (nSPS) is 11.5. The third kappa shape index (κ3) is 2.31. The average Bonchev–Trinajstić information content (AvgIpc) is 2.11. The van der Waals surface area contributed by atoms with Crippen LogP contribution in [-0.4, -0.2) is 12.9 Å². The van der Waals surface area contributed by atoms with Gasteiger partial charge in [-0.15, -0.1) is 0 Å². The fraction of sp³-hybridized carbons (Fsp3) is 0.364. The third-order valence-corrected chi connectivity index (χ3v) is 2.12. The van der Waals surface area contributed by atoms with Crippen molar-refractivity contribution in [2.45, 2.75) is 20.8 Å². The zero-order valence-corrected chi connectivity index (χ0v) is 8.68. The summed E-state index contributed by atoms with van der Waals surface area (Å²) in [7, 11) is 1.79. The lowest BCUT2D eigenvalue weighted by Gasteiger charge is -2.11. The van der Waals surface area contributed by atoms with Gasteiger partial charge in [0.15, 0.2) is 0 Å². The second-order valence-corrected chi connectivity index (χ2v) is 3.20. The quantitative estimate of drug-likeness (QED) is 0.516. The second-order valence-electron chi connectivity index (χ2n) is 3.20. The standard InChI is InChI=1S/C11H16N2/c1-8-6-5-7-9(2)11(8)13-10(3)12-4/h5-7H,1-4H3,(H,12,13). The van der Waals surface area contributed by atoms with E-state index in [1.54, 1.807) is 7.05 Å². The molecule has 0 fully saturated rings. The Hall–Kier alpha value is -1.31. The maximum Gasteiger partial charge on any atom is 0.0972 e. The van der Waals surface area contributed by atoms with Gasteiger partial charge < -0.3 is 5.32 Å². The summed E-state index contributed by atoms with van der Waals surface area (Å²) >= 11 is 0. The van der Waals surface area contributed by atoms with Gasteiger partial charge in [-0.05, 0) is 31.9 Å². The predicted molar refractivity (Wildman–Crippen MR) is 58.6 cm³/mol. The summed E-state index contributed by atoms with van der Waals surface area (Å²) < 4.78 is 0. The van der Waals surface area contributed by atoms with Gasteiger partial charge in [0.25, 0.3) is 0 Å². The Morgan fingerprint density at radius 2 is 1.77 bits per heavy atom. The largest absolute Gasteiger partial charge is 0.344 e. The van der Waals surface area contributed by atoms with E-state index in [0.29, 0.717) is 0 Å². The molecule has 0 spiro atoms. The number of aliphatic imine (C=N–C) groups is 1. The topological polar surface area (TPSA) is 24.4 Å². The summed E-state index contributed by atoms with van der Waals surface area (Å²) in [5.41, 5.74) is 3.68. The van der Waals surface area contributed by atoms with Gasteiger partial charge in [0.1, 0.15) is 0 Å². The molecule has 0 aliphatic heterocycles. The molecule has 0 bridgehead atoms. The molecule has 0 aromatic heterocycles. The molecule has 2 nitrogen and oxygen atoms in total. The van der Waals surface area contributed by atoms with E-state index in [2.05, 4.69) is 42.4 Å². The van der Waals surface area contributed by atoms with Gasteiger partial charge >= 0.3 is 0 Å². The van der Waals surface area contributed by atoms with E-state index >= 15 is 0 Å². The average molecular weight is 176 g/mol. The van der Waals surface area contributed by atoms with Crippen molar-refractivity contribution in [2.24, 2.45) is 4.99 Å². The Bertz CT molecular complexity index is 307. The van der Waals surface area contributed by atoms with Crippen molar-refractivity contribution >= 4 is 11.5 Å². The third-order valence-electron chi connectivity index (χ3n) is 2.12.